The summed E-state index contributed by atoms with van der Waals surface area (Å²) in [5.41, 5.74) is 2.20. The normalized spacial score (nSPS) is 15.6. The van der Waals surface area contributed by atoms with E-state index >= 15 is 0 Å². The van der Waals surface area contributed by atoms with Crippen molar-refractivity contribution in [3.8, 4) is 5.75 Å². The van der Waals surface area contributed by atoms with Gasteiger partial charge in [-0.25, -0.2) is 8.42 Å². The highest BCUT2D eigenvalue weighted by atomic mass is 79.9. The van der Waals surface area contributed by atoms with Gasteiger partial charge in [0.2, 0.25) is 0 Å². The Hall–Kier alpha value is -1.77. The van der Waals surface area contributed by atoms with Gasteiger partial charge in [-0.2, -0.15) is 0 Å². The maximum absolute atomic E-state index is 13.0. The Morgan fingerprint density at radius 3 is 2.48 bits per heavy atom. The van der Waals surface area contributed by atoms with E-state index in [1.807, 2.05) is 13.0 Å². The molecule has 0 spiro atoms. The third kappa shape index (κ3) is 4.39. The van der Waals surface area contributed by atoms with Crippen molar-refractivity contribution in [2.24, 2.45) is 0 Å². The quantitative estimate of drug-likeness (QED) is 0.751. The first-order valence-corrected chi connectivity index (χ1v) is 11.0. The van der Waals surface area contributed by atoms with Crippen LogP contribution in [-0.4, -0.2) is 53.7 Å². The Morgan fingerprint density at radius 1 is 1.11 bits per heavy atom. The molecule has 6 nitrogen and oxygen atoms in total. The Bertz CT molecular complexity index is 926. The van der Waals surface area contributed by atoms with Crippen LogP contribution in [0.4, 0.5) is 11.4 Å². The maximum atomic E-state index is 13.0. The minimum absolute atomic E-state index is 0.219. The minimum Gasteiger partial charge on any atom is -0.495 e. The Balaban J connectivity index is 1.93. The zero-order chi connectivity index (χ0) is 19.6. The number of sulfonamides is 1. The topological polar surface area (TPSA) is 61.9 Å². The number of halogens is 1. The van der Waals surface area contributed by atoms with Crippen LogP contribution in [0.2, 0.25) is 0 Å². The van der Waals surface area contributed by atoms with E-state index in [9.17, 15) is 8.42 Å². The number of hydrogen-bond donors (Lipinski definition) is 1. The number of methoxy groups -OCH3 is 1. The number of nitrogens with one attached hydrogen (secondary N) is 1. The molecule has 3 rings (SSSR count). The lowest BCUT2D eigenvalue weighted by atomic mass is 10.2. The van der Waals surface area contributed by atoms with Crippen LogP contribution in [0.15, 0.2) is 45.8 Å². The van der Waals surface area contributed by atoms with Crippen LogP contribution in [0.1, 0.15) is 5.56 Å². The van der Waals surface area contributed by atoms with Gasteiger partial charge in [0, 0.05) is 30.7 Å². The fraction of sp³-hybridized carbons (Fsp3) is 0.368. The molecule has 1 aliphatic heterocycles. The largest absolute Gasteiger partial charge is 0.495 e. The highest BCUT2D eigenvalue weighted by molar-refractivity contribution is 9.10. The number of ether oxygens (including phenoxy) is 1. The summed E-state index contributed by atoms with van der Waals surface area (Å²) in [7, 11) is -0.0266. The van der Waals surface area contributed by atoms with Crippen LogP contribution in [0.3, 0.4) is 0 Å². The molecule has 1 saturated heterocycles. The number of piperazine rings is 1. The summed E-state index contributed by atoms with van der Waals surface area (Å²) in [6, 6.07) is 10.4. The van der Waals surface area contributed by atoms with E-state index < -0.39 is 10.0 Å². The number of anilines is 2. The van der Waals surface area contributed by atoms with E-state index in [2.05, 4.69) is 37.5 Å². The average Bonchev–Trinajstić information content (AvgIpc) is 2.65. The third-order valence-corrected chi connectivity index (χ3v) is 7.04. The highest BCUT2D eigenvalue weighted by Crippen LogP contribution is 2.33. The fourth-order valence-electron chi connectivity index (χ4n) is 3.05. The van der Waals surface area contributed by atoms with E-state index in [0.29, 0.717) is 11.4 Å². The summed E-state index contributed by atoms with van der Waals surface area (Å²) in [5, 5.41) is 0. The molecular formula is C19H24BrN3O3S. The van der Waals surface area contributed by atoms with Gasteiger partial charge in [0.1, 0.15) is 5.75 Å². The van der Waals surface area contributed by atoms with Crippen molar-refractivity contribution in [2.75, 3.05) is 50.0 Å². The minimum atomic E-state index is -3.71. The zero-order valence-electron chi connectivity index (χ0n) is 15.7. The lowest BCUT2D eigenvalue weighted by molar-refractivity contribution is 0.311. The Morgan fingerprint density at radius 2 is 1.81 bits per heavy atom. The smallest absolute Gasteiger partial charge is 0.261 e. The summed E-state index contributed by atoms with van der Waals surface area (Å²) >= 11 is 3.44. The second-order valence-electron chi connectivity index (χ2n) is 6.64. The number of likely N-dealkylation sites (N-methyl/N-ethyl adjacent to an activating group) is 1. The summed E-state index contributed by atoms with van der Waals surface area (Å²) in [4.78, 5) is 4.64. The second-order valence-corrected chi connectivity index (χ2v) is 9.18. The standard InChI is InChI=1S/C19H24BrN3O3S/c1-14-16(20)5-4-6-17(14)21-27(24,25)15-7-8-19(26-3)18(13-15)23-11-9-22(2)10-12-23/h4-8,13,21H,9-12H2,1-3H3. The van der Waals surface area contributed by atoms with Gasteiger partial charge < -0.3 is 14.5 Å². The van der Waals surface area contributed by atoms with Gasteiger partial charge in [0.15, 0.2) is 0 Å². The van der Waals surface area contributed by atoms with E-state index in [4.69, 9.17) is 4.74 Å². The fourth-order valence-corrected chi connectivity index (χ4v) is 4.56. The molecule has 1 N–H and O–H groups in total. The molecule has 8 heteroatoms. The van der Waals surface area contributed by atoms with Gasteiger partial charge in [-0.05, 0) is 49.9 Å². The SMILES string of the molecule is COc1ccc(S(=O)(=O)Nc2cccc(Br)c2C)cc1N1CCN(C)CC1. The number of benzene rings is 2. The summed E-state index contributed by atoms with van der Waals surface area (Å²) in [6.07, 6.45) is 0. The van der Waals surface area contributed by atoms with E-state index in [1.165, 1.54) is 0 Å². The van der Waals surface area contributed by atoms with Gasteiger partial charge in [-0.1, -0.05) is 22.0 Å². The molecule has 0 bridgehead atoms. The zero-order valence-corrected chi connectivity index (χ0v) is 18.1. The van der Waals surface area contributed by atoms with Crippen LogP contribution >= 0.6 is 15.9 Å². The molecular weight excluding hydrogens is 430 g/mol. The maximum Gasteiger partial charge on any atom is 0.261 e. The number of nitrogens with zero attached hydrogens (tertiary/aromatic N) is 2. The molecule has 2 aromatic rings. The molecule has 0 amide bonds. The van der Waals surface area contributed by atoms with Crippen molar-refractivity contribution >= 4 is 37.3 Å². The van der Waals surface area contributed by atoms with Gasteiger partial charge >= 0.3 is 0 Å². The van der Waals surface area contributed by atoms with Crippen LogP contribution < -0.4 is 14.4 Å². The van der Waals surface area contributed by atoms with Crippen molar-refractivity contribution in [1.29, 1.82) is 0 Å². The third-order valence-electron chi connectivity index (χ3n) is 4.82. The molecule has 0 aromatic heterocycles. The first-order valence-electron chi connectivity index (χ1n) is 8.71. The molecule has 1 heterocycles. The average molecular weight is 454 g/mol. The van der Waals surface area contributed by atoms with Crippen LogP contribution in [0.25, 0.3) is 0 Å². The summed E-state index contributed by atoms with van der Waals surface area (Å²) in [6.45, 7) is 5.37. The molecule has 27 heavy (non-hydrogen) atoms. The summed E-state index contributed by atoms with van der Waals surface area (Å²) in [5.74, 6) is 0.678. The monoisotopic (exact) mass is 453 g/mol. The van der Waals surface area contributed by atoms with Gasteiger partial charge in [0.05, 0.1) is 23.4 Å². The molecule has 2 aromatic carbocycles. The van der Waals surface area contributed by atoms with Crippen molar-refractivity contribution in [3.05, 3.63) is 46.4 Å². The van der Waals surface area contributed by atoms with Crippen molar-refractivity contribution in [1.82, 2.24) is 4.90 Å². The predicted molar refractivity (Wildman–Crippen MR) is 112 cm³/mol. The van der Waals surface area contributed by atoms with Gasteiger partial charge in [-0.15, -0.1) is 0 Å². The van der Waals surface area contributed by atoms with E-state index in [1.54, 1.807) is 37.4 Å². The number of hydrogen-bond acceptors (Lipinski definition) is 5. The Kier molecular flexibility index (Phi) is 5.98. The molecule has 0 unspecified atom stereocenters. The van der Waals surface area contributed by atoms with Gasteiger partial charge in [-0.3, -0.25) is 4.72 Å². The first-order chi connectivity index (χ1) is 12.8. The molecule has 0 atom stereocenters. The molecule has 1 fully saturated rings. The predicted octanol–water partition coefficient (Wildman–Crippen LogP) is 3.32. The first kappa shape index (κ1) is 20.0. The summed E-state index contributed by atoms with van der Waals surface area (Å²) < 4.78 is 34.9. The van der Waals surface area contributed by atoms with Crippen LogP contribution in [-0.2, 0) is 10.0 Å². The highest BCUT2D eigenvalue weighted by Gasteiger charge is 2.22. The lowest BCUT2D eigenvalue weighted by Gasteiger charge is -2.34. The molecule has 146 valence electrons. The number of rotatable bonds is 5. The Labute approximate surface area is 169 Å². The lowest BCUT2D eigenvalue weighted by Crippen LogP contribution is -2.44. The molecule has 1 aliphatic rings. The van der Waals surface area contributed by atoms with Crippen molar-refractivity contribution in [3.63, 3.8) is 0 Å². The second kappa shape index (κ2) is 8.08. The molecule has 0 saturated carbocycles. The molecule has 0 aliphatic carbocycles. The van der Waals surface area contributed by atoms with E-state index in [0.717, 1.165) is 41.9 Å². The van der Waals surface area contributed by atoms with Gasteiger partial charge in [0.25, 0.3) is 10.0 Å². The van der Waals surface area contributed by atoms with Crippen LogP contribution in [0.5, 0.6) is 5.75 Å². The van der Waals surface area contributed by atoms with E-state index in [-0.39, 0.29) is 4.90 Å². The van der Waals surface area contributed by atoms with Crippen molar-refractivity contribution < 1.29 is 13.2 Å². The van der Waals surface area contributed by atoms with Crippen molar-refractivity contribution in [2.45, 2.75) is 11.8 Å². The molecule has 0 radical (unpaired) electrons. The van der Waals surface area contributed by atoms with Crippen LogP contribution in [0, 0.1) is 6.92 Å².